The second-order valence-electron chi connectivity index (χ2n) is 5.31. The van der Waals surface area contributed by atoms with Gasteiger partial charge in [-0.3, -0.25) is 4.57 Å². The molecule has 0 spiro atoms. The number of imidazole rings is 1. The average Bonchev–Trinajstić information content (AvgIpc) is 2.74. The highest BCUT2D eigenvalue weighted by molar-refractivity contribution is 7.71. The molecule has 1 saturated heterocycles. The number of likely N-dealkylation sites (N-methyl/N-ethyl adjacent to an activating group) is 1. The van der Waals surface area contributed by atoms with Crippen LogP contribution in [0.1, 0.15) is 31.5 Å². The number of hydrogen-bond acceptors (Lipinski definition) is 3. The lowest BCUT2D eigenvalue weighted by atomic mass is 10.1. The van der Waals surface area contributed by atoms with E-state index in [-0.39, 0.29) is 0 Å². The molecule has 1 N–H and O–H groups in total. The third-order valence-corrected chi connectivity index (χ3v) is 4.29. The first kappa shape index (κ1) is 12.8. The lowest BCUT2D eigenvalue weighted by molar-refractivity contribution is 0.186. The highest BCUT2D eigenvalue weighted by atomic mass is 32.1. The normalized spacial score (nSPS) is 21.1. The Hall–Kier alpha value is -1.20. The maximum Gasteiger partial charge on any atom is 0.179 e. The first-order valence-electron chi connectivity index (χ1n) is 6.99. The van der Waals surface area contributed by atoms with Gasteiger partial charge in [0.2, 0.25) is 0 Å². The van der Waals surface area contributed by atoms with E-state index in [2.05, 4.69) is 32.4 Å². The number of hydrogen-bond donors (Lipinski definition) is 1. The van der Waals surface area contributed by atoms with Crippen LogP contribution < -0.4 is 0 Å². The van der Waals surface area contributed by atoms with Crippen LogP contribution in [0.2, 0.25) is 0 Å². The molecule has 19 heavy (non-hydrogen) atoms. The Labute approximate surface area is 118 Å². The van der Waals surface area contributed by atoms with Crippen LogP contribution in [0.15, 0.2) is 12.1 Å². The van der Waals surface area contributed by atoms with Gasteiger partial charge in [-0.15, -0.1) is 0 Å². The summed E-state index contributed by atoms with van der Waals surface area (Å²) in [4.78, 5) is 10.4. The van der Waals surface area contributed by atoms with Crippen LogP contribution >= 0.6 is 12.2 Å². The first-order chi connectivity index (χ1) is 9.19. The Bertz CT molecular complexity index is 642. The van der Waals surface area contributed by atoms with Gasteiger partial charge in [0.25, 0.3) is 0 Å². The fraction of sp³-hybridized carbons (Fsp3) is 0.571. The van der Waals surface area contributed by atoms with Gasteiger partial charge in [0.05, 0.1) is 11.6 Å². The first-order valence-corrected chi connectivity index (χ1v) is 7.40. The zero-order valence-electron chi connectivity index (χ0n) is 11.5. The Balaban J connectivity index is 2.06. The number of likely N-dealkylation sites (tertiary alicyclic amines) is 1. The van der Waals surface area contributed by atoms with E-state index in [0.29, 0.717) is 6.04 Å². The Morgan fingerprint density at radius 1 is 1.47 bits per heavy atom. The number of nitrogens with zero attached hydrogens (tertiary/aromatic N) is 3. The number of aromatic nitrogens is 3. The molecule has 0 saturated carbocycles. The van der Waals surface area contributed by atoms with Gasteiger partial charge in [-0.1, -0.05) is 6.92 Å². The molecule has 3 heterocycles. The minimum absolute atomic E-state index is 0.448. The zero-order chi connectivity index (χ0) is 13.4. The van der Waals surface area contributed by atoms with E-state index < -0.39 is 0 Å². The summed E-state index contributed by atoms with van der Waals surface area (Å²) >= 11 is 5.50. The van der Waals surface area contributed by atoms with Crippen LogP contribution in [0.3, 0.4) is 0 Å². The molecule has 0 aliphatic carbocycles. The van der Waals surface area contributed by atoms with Crippen LogP contribution in [0.25, 0.3) is 11.2 Å². The number of H-pyrrole nitrogens is 1. The van der Waals surface area contributed by atoms with Crippen molar-refractivity contribution in [2.24, 2.45) is 0 Å². The molecule has 1 unspecified atom stereocenters. The van der Waals surface area contributed by atoms with Crippen molar-refractivity contribution < 1.29 is 0 Å². The van der Waals surface area contributed by atoms with Crippen LogP contribution in [0.5, 0.6) is 0 Å². The molecule has 0 aromatic carbocycles. The summed E-state index contributed by atoms with van der Waals surface area (Å²) in [5.41, 5.74) is 3.09. The molecule has 1 atom stereocenters. The Morgan fingerprint density at radius 2 is 2.32 bits per heavy atom. The van der Waals surface area contributed by atoms with Gasteiger partial charge in [-0.05, 0) is 57.2 Å². The van der Waals surface area contributed by atoms with Gasteiger partial charge in [-0.25, -0.2) is 4.98 Å². The number of piperidine rings is 1. The molecule has 3 rings (SSSR count). The summed E-state index contributed by atoms with van der Waals surface area (Å²) in [5, 5.41) is 0. The molecular formula is C14H20N4S. The van der Waals surface area contributed by atoms with E-state index >= 15 is 0 Å². The molecule has 4 nitrogen and oxygen atoms in total. The molecule has 0 amide bonds. The Kier molecular flexibility index (Phi) is 3.41. The standard InChI is InChI=1S/C14H20N4S/c1-3-17-8-4-5-11(9-17)18-13-12(16-14(18)19)7-6-10(2)15-13/h6-7,11H,3-5,8-9H2,1-2H3,(H,16,19). The molecule has 0 radical (unpaired) electrons. The highest BCUT2D eigenvalue weighted by Crippen LogP contribution is 2.25. The molecule has 5 heteroatoms. The number of aryl methyl sites for hydroxylation is 1. The van der Waals surface area contributed by atoms with Crippen molar-refractivity contribution in [1.29, 1.82) is 0 Å². The van der Waals surface area contributed by atoms with Gasteiger partial charge in [-0.2, -0.15) is 0 Å². The van der Waals surface area contributed by atoms with Crippen molar-refractivity contribution in [3.8, 4) is 0 Å². The molecule has 1 aliphatic rings. The lowest BCUT2D eigenvalue weighted by Gasteiger charge is -2.32. The van der Waals surface area contributed by atoms with Crippen molar-refractivity contribution in [2.75, 3.05) is 19.6 Å². The quantitative estimate of drug-likeness (QED) is 0.857. The largest absolute Gasteiger partial charge is 0.329 e. The van der Waals surface area contributed by atoms with Crippen molar-refractivity contribution in [2.45, 2.75) is 32.7 Å². The van der Waals surface area contributed by atoms with E-state index in [1.807, 2.05) is 13.0 Å². The van der Waals surface area contributed by atoms with Crippen LogP contribution in [0.4, 0.5) is 0 Å². The van der Waals surface area contributed by atoms with E-state index in [9.17, 15) is 0 Å². The highest BCUT2D eigenvalue weighted by Gasteiger charge is 2.22. The third-order valence-electron chi connectivity index (χ3n) is 4.00. The molecular weight excluding hydrogens is 256 g/mol. The van der Waals surface area contributed by atoms with Crippen molar-refractivity contribution in [3.63, 3.8) is 0 Å². The summed E-state index contributed by atoms with van der Waals surface area (Å²) < 4.78 is 3.02. The predicted molar refractivity (Wildman–Crippen MR) is 80.0 cm³/mol. The van der Waals surface area contributed by atoms with E-state index in [1.165, 1.54) is 19.4 Å². The summed E-state index contributed by atoms with van der Waals surface area (Å²) in [6.45, 7) is 7.64. The molecule has 102 valence electrons. The van der Waals surface area contributed by atoms with E-state index in [0.717, 1.165) is 34.7 Å². The van der Waals surface area contributed by atoms with Crippen molar-refractivity contribution >= 4 is 23.4 Å². The van der Waals surface area contributed by atoms with Crippen molar-refractivity contribution in [3.05, 3.63) is 22.6 Å². The van der Waals surface area contributed by atoms with Gasteiger partial charge in [0.15, 0.2) is 10.4 Å². The monoisotopic (exact) mass is 276 g/mol. The fourth-order valence-corrected chi connectivity index (χ4v) is 3.31. The molecule has 0 bridgehead atoms. The lowest BCUT2D eigenvalue weighted by Crippen LogP contribution is -2.36. The molecule has 2 aromatic rings. The van der Waals surface area contributed by atoms with Crippen LogP contribution in [-0.2, 0) is 0 Å². The van der Waals surface area contributed by atoms with Gasteiger partial charge >= 0.3 is 0 Å². The SMILES string of the molecule is CCN1CCCC(n2c(=S)[nH]c3ccc(C)nc32)C1. The minimum Gasteiger partial charge on any atom is -0.329 e. The number of fused-ring (bicyclic) bond motifs is 1. The van der Waals surface area contributed by atoms with Gasteiger partial charge < -0.3 is 9.88 Å². The zero-order valence-corrected chi connectivity index (χ0v) is 12.3. The predicted octanol–water partition coefficient (Wildman–Crippen LogP) is 3.06. The van der Waals surface area contributed by atoms with Gasteiger partial charge in [0, 0.05) is 12.2 Å². The van der Waals surface area contributed by atoms with Crippen LogP contribution in [0, 0.1) is 11.7 Å². The minimum atomic E-state index is 0.448. The third kappa shape index (κ3) is 2.32. The molecule has 2 aromatic heterocycles. The summed E-state index contributed by atoms with van der Waals surface area (Å²) in [5.74, 6) is 0. The smallest absolute Gasteiger partial charge is 0.179 e. The Morgan fingerprint density at radius 3 is 3.11 bits per heavy atom. The van der Waals surface area contributed by atoms with Crippen LogP contribution in [-0.4, -0.2) is 39.1 Å². The van der Waals surface area contributed by atoms with E-state index in [4.69, 9.17) is 12.2 Å². The number of pyridine rings is 1. The second kappa shape index (κ2) is 5.06. The molecule has 1 aliphatic heterocycles. The van der Waals surface area contributed by atoms with Crippen molar-refractivity contribution in [1.82, 2.24) is 19.4 Å². The summed E-state index contributed by atoms with van der Waals surface area (Å²) in [7, 11) is 0. The molecule has 1 fully saturated rings. The maximum atomic E-state index is 5.50. The summed E-state index contributed by atoms with van der Waals surface area (Å²) in [6, 6.07) is 4.55. The average molecular weight is 276 g/mol. The number of rotatable bonds is 2. The fourth-order valence-electron chi connectivity index (χ4n) is 2.96. The van der Waals surface area contributed by atoms with Gasteiger partial charge in [0.1, 0.15) is 0 Å². The topological polar surface area (TPSA) is 36.9 Å². The summed E-state index contributed by atoms with van der Waals surface area (Å²) in [6.07, 6.45) is 2.42. The second-order valence-corrected chi connectivity index (χ2v) is 5.70. The number of aromatic amines is 1. The maximum absolute atomic E-state index is 5.50. The number of nitrogens with one attached hydrogen (secondary N) is 1. The van der Waals surface area contributed by atoms with E-state index in [1.54, 1.807) is 0 Å².